The van der Waals surface area contributed by atoms with Crippen molar-refractivity contribution in [3.05, 3.63) is 65.2 Å². The van der Waals surface area contributed by atoms with Gasteiger partial charge in [0.2, 0.25) is 5.71 Å². The van der Waals surface area contributed by atoms with Crippen molar-refractivity contribution < 1.29 is 9.63 Å². The van der Waals surface area contributed by atoms with E-state index in [1.165, 1.54) is 0 Å². The van der Waals surface area contributed by atoms with Crippen LogP contribution in [0.2, 0.25) is 5.02 Å². The molecule has 0 aromatic heterocycles. The molecule has 2 aromatic carbocycles. The number of hydrazone groups is 1. The van der Waals surface area contributed by atoms with Gasteiger partial charge in [-0.25, -0.2) is 4.79 Å². The summed E-state index contributed by atoms with van der Waals surface area (Å²) in [6, 6.07) is 16.4. The molecule has 6 heteroatoms. The Morgan fingerprint density at radius 2 is 1.77 bits per heavy atom. The second kappa shape index (κ2) is 5.99. The second-order valence-corrected chi connectivity index (χ2v) is 5.07. The number of nitrogens with zero attached hydrogens (tertiary/aromatic N) is 3. The van der Waals surface area contributed by atoms with Gasteiger partial charge < -0.3 is 4.84 Å². The van der Waals surface area contributed by atoms with Gasteiger partial charge in [-0.05, 0) is 24.3 Å². The van der Waals surface area contributed by atoms with Gasteiger partial charge in [-0.3, -0.25) is 5.01 Å². The molecule has 5 nitrogen and oxygen atoms in total. The highest BCUT2D eigenvalue weighted by atomic mass is 35.5. The number of carbonyl (C=O) groups is 1. The SMILES string of the molecule is CN(/N=C1\C(=O)ON=C1c1ccccc1)c1ccc(Cl)cc1. The van der Waals surface area contributed by atoms with Gasteiger partial charge in [-0.1, -0.05) is 47.1 Å². The van der Waals surface area contributed by atoms with Gasteiger partial charge in [0.1, 0.15) is 5.71 Å². The van der Waals surface area contributed by atoms with E-state index in [4.69, 9.17) is 16.4 Å². The molecule has 0 radical (unpaired) electrons. The molecule has 2 aromatic rings. The molecule has 0 unspecified atom stereocenters. The van der Waals surface area contributed by atoms with E-state index in [1.54, 1.807) is 24.2 Å². The molecule has 22 heavy (non-hydrogen) atoms. The lowest BCUT2D eigenvalue weighted by Crippen LogP contribution is -2.24. The van der Waals surface area contributed by atoms with E-state index >= 15 is 0 Å². The molecular weight excluding hydrogens is 302 g/mol. The Bertz CT molecular complexity index is 755. The summed E-state index contributed by atoms with van der Waals surface area (Å²) >= 11 is 5.87. The topological polar surface area (TPSA) is 54.3 Å². The highest BCUT2D eigenvalue weighted by molar-refractivity contribution is 6.70. The van der Waals surface area contributed by atoms with Crippen LogP contribution in [0.25, 0.3) is 0 Å². The summed E-state index contributed by atoms with van der Waals surface area (Å²) in [5, 5.41) is 10.3. The molecule has 0 saturated heterocycles. The average molecular weight is 314 g/mol. The molecule has 0 spiro atoms. The number of hydrogen-bond donors (Lipinski definition) is 0. The Balaban J connectivity index is 1.92. The van der Waals surface area contributed by atoms with Gasteiger partial charge >= 0.3 is 5.97 Å². The van der Waals surface area contributed by atoms with Crippen molar-refractivity contribution in [3.8, 4) is 0 Å². The molecule has 0 fully saturated rings. The van der Waals surface area contributed by atoms with E-state index in [0.717, 1.165) is 11.3 Å². The third-order valence-corrected chi connectivity index (χ3v) is 3.39. The zero-order chi connectivity index (χ0) is 15.5. The van der Waals surface area contributed by atoms with E-state index in [-0.39, 0.29) is 5.71 Å². The second-order valence-electron chi connectivity index (χ2n) is 4.63. The first-order valence-electron chi connectivity index (χ1n) is 6.58. The lowest BCUT2D eigenvalue weighted by Gasteiger charge is -2.13. The largest absolute Gasteiger partial charge is 0.388 e. The van der Waals surface area contributed by atoms with Crippen molar-refractivity contribution in [1.82, 2.24) is 0 Å². The Hall–Kier alpha value is -2.66. The van der Waals surface area contributed by atoms with Gasteiger partial charge in [0, 0.05) is 17.6 Å². The predicted octanol–water partition coefficient (Wildman–Crippen LogP) is 3.09. The highest BCUT2D eigenvalue weighted by Crippen LogP contribution is 2.18. The van der Waals surface area contributed by atoms with Gasteiger partial charge in [0.15, 0.2) is 0 Å². The van der Waals surface area contributed by atoms with E-state index in [0.29, 0.717) is 10.7 Å². The molecule has 0 amide bonds. The van der Waals surface area contributed by atoms with Crippen LogP contribution in [0.5, 0.6) is 0 Å². The Kier molecular flexibility index (Phi) is 3.89. The van der Waals surface area contributed by atoms with E-state index in [2.05, 4.69) is 10.3 Å². The molecule has 110 valence electrons. The van der Waals surface area contributed by atoms with Crippen molar-refractivity contribution >= 4 is 34.7 Å². The lowest BCUT2D eigenvalue weighted by atomic mass is 10.1. The molecule has 3 rings (SSSR count). The summed E-state index contributed by atoms with van der Waals surface area (Å²) in [5.41, 5.74) is 2.16. The lowest BCUT2D eigenvalue weighted by molar-refractivity contribution is -0.134. The number of anilines is 1. The van der Waals surface area contributed by atoms with Gasteiger partial charge in [0.05, 0.1) is 5.69 Å². The van der Waals surface area contributed by atoms with Gasteiger partial charge in [0.25, 0.3) is 0 Å². The molecule has 0 N–H and O–H groups in total. The smallest absolute Gasteiger partial charge is 0.310 e. The highest BCUT2D eigenvalue weighted by Gasteiger charge is 2.29. The van der Waals surface area contributed by atoms with Crippen LogP contribution in [-0.4, -0.2) is 24.4 Å². The van der Waals surface area contributed by atoms with Crippen molar-refractivity contribution in [3.63, 3.8) is 0 Å². The summed E-state index contributed by atoms with van der Waals surface area (Å²) < 4.78 is 0. The fourth-order valence-corrected chi connectivity index (χ4v) is 2.13. The van der Waals surface area contributed by atoms with Crippen LogP contribution in [0, 0.1) is 0 Å². The maximum Gasteiger partial charge on any atom is 0.388 e. The standard InChI is InChI=1S/C16H12ClN3O2/c1-20(13-9-7-12(17)8-10-13)18-15-14(19-22-16(15)21)11-5-3-2-4-6-11/h2-10H,1H3/b18-15-. The van der Waals surface area contributed by atoms with E-state index in [1.807, 2.05) is 42.5 Å². The van der Waals surface area contributed by atoms with E-state index < -0.39 is 5.97 Å². The monoisotopic (exact) mass is 313 g/mol. The molecule has 0 aliphatic carbocycles. The zero-order valence-electron chi connectivity index (χ0n) is 11.7. The quantitative estimate of drug-likeness (QED) is 0.646. The van der Waals surface area contributed by atoms with Crippen LogP contribution >= 0.6 is 11.6 Å². The number of carbonyl (C=O) groups excluding carboxylic acids is 1. The van der Waals surface area contributed by atoms with Crippen molar-refractivity contribution in [2.45, 2.75) is 0 Å². The minimum absolute atomic E-state index is 0.170. The fraction of sp³-hybridized carbons (Fsp3) is 0.0625. The van der Waals surface area contributed by atoms with E-state index in [9.17, 15) is 4.79 Å². The molecule has 1 aliphatic heterocycles. The maximum absolute atomic E-state index is 11.9. The molecule has 0 saturated carbocycles. The number of oxime groups is 1. The van der Waals surface area contributed by atoms with Crippen LogP contribution in [0.4, 0.5) is 5.69 Å². The average Bonchev–Trinajstić information content (AvgIpc) is 2.90. The summed E-state index contributed by atoms with van der Waals surface area (Å²) in [4.78, 5) is 16.6. The predicted molar refractivity (Wildman–Crippen MR) is 86.4 cm³/mol. The zero-order valence-corrected chi connectivity index (χ0v) is 12.5. The Labute approximate surface area is 132 Å². The summed E-state index contributed by atoms with van der Waals surface area (Å²) in [7, 11) is 1.74. The van der Waals surface area contributed by atoms with Crippen LogP contribution in [0.1, 0.15) is 5.56 Å². The number of rotatable bonds is 3. The molecule has 0 bridgehead atoms. The minimum atomic E-state index is -0.570. The first kappa shape index (κ1) is 14.3. The third-order valence-electron chi connectivity index (χ3n) is 3.14. The number of hydrogen-bond acceptors (Lipinski definition) is 5. The molecular formula is C16H12ClN3O2. The third kappa shape index (κ3) is 2.84. The Morgan fingerprint density at radius 1 is 1.09 bits per heavy atom. The summed E-state index contributed by atoms with van der Waals surface area (Å²) in [5.74, 6) is -0.570. The normalized spacial score (nSPS) is 15.6. The van der Waals surface area contributed by atoms with Crippen LogP contribution < -0.4 is 5.01 Å². The molecule has 1 heterocycles. The summed E-state index contributed by atoms with van der Waals surface area (Å²) in [6.07, 6.45) is 0. The van der Waals surface area contributed by atoms with Gasteiger partial charge in [-0.15, -0.1) is 0 Å². The van der Waals surface area contributed by atoms with Crippen molar-refractivity contribution in [2.75, 3.05) is 12.1 Å². The van der Waals surface area contributed by atoms with Crippen LogP contribution in [-0.2, 0) is 9.63 Å². The van der Waals surface area contributed by atoms with Crippen LogP contribution in [0.15, 0.2) is 64.9 Å². The van der Waals surface area contributed by atoms with Crippen LogP contribution in [0.3, 0.4) is 0 Å². The number of benzene rings is 2. The summed E-state index contributed by atoms with van der Waals surface area (Å²) in [6.45, 7) is 0. The number of halogens is 1. The first-order valence-corrected chi connectivity index (χ1v) is 6.96. The van der Waals surface area contributed by atoms with Gasteiger partial charge in [-0.2, -0.15) is 5.10 Å². The Morgan fingerprint density at radius 3 is 2.45 bits per heavy atom. The fourth-order valence-electron chi connectivity index (χ4n) is 2.01. The molecule has 0 atom stereocenters. The van der Waals surface area contributed by atoms with Crippen molar-refractivity contribution in [1.29, 1.82) is 0 Å². The molecule has 1 aliphatic rings. The maximum atomic E-state index is 11.9. The van der Waals surface area contributed by atoms with Crippen molar-refractivity contribution in [2.24, 2.45) is 10.3 Å². The first-order chi connectivity index (χ1) is 10.6. The minimum Gasteiger partial charge on any atom is -0.310 e.